The number of hydrogen-bond acceptors (Lipinski definition) is 5. The van der Waals surface area contributed by atoms with E-state index in [0.29, 0.717) is 11.8 Å². The quantitative estimate of drug-likeness (QED) is 0.623. The van der Waals surface area contributed by atoms with Gasteiger partial charge in [0.1, 0.15) is 0 Å². The van der Waals surface area contributed by atoms with Crippen LogP contribution in [0, 0.1) is 0 Å². The number of nitrogens with two attached hydrogens (primary N) is 1. The highest BCUT2D eigenvalue weighted by molar-refractivity contribution is 7.99. The second-order valence-electron chi connectivity index (χ2n) is 4.11. The van der Waals surface area contributed by atoms with Crippen LogP contribution in [0.4, 0.5) is 18.9 Å². The Morgan fingerprint density at radius 2 is 1.91 bits per heavy atom. The molecule has 2 rings (SSSR count). The molecular weight excluding hydrogens is 378 g/mol. The maximum absolute atomic E-state index is 12.5. The highest BCUT2D eigenvalue weighted by Crippen LogP contribution is 2.31. The molecule has 0 aliphatic carbocycles. The topological polar surface area (TPSA) is 85.8 Å². The lowest BCUT2D eigenvalue weighted by molar-refractivity contribution is -0.146. The molecule has 0 fully saturated rings. The van der Waals surface area contributed by atoms with Gasteiger partial charge in [0.15, 0.2) is 0 Å². The number of halogens is 5. The Labute approximate surface area is 142 Å². The minimum Gasteiger partial charge on any atom is -0.335 e. The number of nitrogens with zero attached hydrogens (tertiary/aromatic N) is 3. The highest BCUT2D eigenvalue weighted by Gasteiger charge is 2.38. The monoisotopic (exact) mass is 385 g/mol. The summed E-state index contributed by atoms with van der Waals surface area (Å²) in [6.07, 6.45) is -4.73. The van der Waals surface area contributed by atoms with Gasteiger partial charge in [-0.1, -0.05) is 41.0 Å². The van der Waals surface area contributed by atoms with Crippen molar-refractivity contribution in [2.24, 2.45) is 0 Å². The number of aromatic nitrogens is 3. The second kappa shape index (κ2) is 6.85. The van der Waals surface area contributed by atoms with Gasteiger partial charge in [-0.05, 0) is 12.1 Å². The first-order valence-electron chi connectivity index (χ1n) is 5.84. The third-order valence-corrected chi connectivity index (χ3v) is 4.05. The molecule has 0 saturated carbocycles. The van der Waals surface area contributed by atoms with Crippen molar-refractivity contribution in [1.29, 1.82) is 0 Å². The van der Waals surface area contributed by atoms with E-state index in [-0.39, 0.29) is 31.3 Å². The fourth-order valence-corrected chi connectivity index (χ4v) is 2.64. The number of rotatable bonds is 4. The van der Waals surface area contributed by atoms with Crippen LogP contribution >= 0.6 is 35.0 Å². The van der Waals surface area contributed by atoms with Gasteiger partial charge >= 0.3 is 6.18 Å². The SMILES string of the molecule is Nn1c(SCC(=O)Nc2c(Cl)cccc2Cl)nnc1C(F)(F)F. The number of benzene rings is 1. The van der Waals surface area contributed by atoms with Crippen LogP contribution in [0.3, 0.4) is 0 Å². The zero-order valence-electron chi connectivity index (χ0n) is 11.1. The van der Waals surface area contributed by atoms with Crippen LogP contribution in [-0.4, -0.2) is 26.5 Å². The summed E-state index contributed by atoms with van der Waals surface area (Å²) in [6.45, 7) is 0. The van der Waals surface area contributed by atoms with Crippen LogP contribution in [0.2, 0.25) is 10.0 Å². The summed E-state index contributed by atoms with van der Waals surface area (Å²) in [5.41, 5.74) is 0.214. The number of anilines is 1. The van der Waals surface area contributed by atoms with E-state index >= 15 is 0 Å². The lowest BCUT2D eigenvalue weighted by atomic mass is 10.3. The van der Waals surface area contributed by atoms with Gasteiger partial charge in [-0.15, -0.1) is 10.2 Å². The molecule has 124 valence electrons. The van der Waals surface area contributed by atoms with Crippen molar-refractivity contribution in [3.05, 3.63) is 34.1 Å². The Bertz CT molecular complexity index is 717. The third-order valence-electron chi connectivity index (χ3n) is 2.48. The predicted octanol–water partition coefficient (Wildman–Crippen LogP) is 3.05. The Morgan fingerprint density at radius 1 is 1.30 bits per heavy atom. The van der Waals surface area contributed by atoms with Gasteiger partial charge in [0.2, 0.25) is 11.1 Å². The van der Waals surface area contributed by atoms with E-state index in [4.69, 9.17) is 29.0 Å². The van der Waals surface area contributed by atoms with E-state index in [1.165, 1.54) is 12.1 Å². The van der Waals surface area contributed by atoms with Crippen molar-refractivity contribution in [3.63, 3.8) is 0 Å². The first-order valence-corrected chi connectivity index (χ1v) is 7.58. The Balaban J connectivity index is 2.02. The van der Waals surface area contributed by atoms with E-state index in [9.17, 15) is 18.0 Å². The molecule has 0 unspecified atom stereocenters. The summed E-state index contributed by atoms with van der Waals surface area (Å²) in [7, 11) is 0. The standard InChI is InChI=1S/C11H8Cl2F3N5OS/c12-5-2-1-3-6(13)8(5)18-7(22)4-23-10-20-19-9(21(10)17)11(14,15)16/h1-3H,4,17H2,(H,18,22). The number of hydrogen-bond donors (Lipinski definition) is 2. The number of alkyl halides is 3. The summed E-state index contributed by atoms with van der Waals surface area (Å²) >= 11 is 12.5. The van der Waals surface area contributed by atoms with Crippen molar-refractivity contribution in [3.8, 4) is 0 Å². The molecule has 6 nitrogen and oxygen atoms in total. The number of para-hydroxylation sites is 1. The molecule has 0 radical (unpaired) electrons. The number of carbonyl (C=O) groups excluding carboxylic acids is 1. The van der Waals surface area contributed by atoms with E-state index in [1.54, 1.807) is 6.07 Å². The molecule has 1 heterocycles. The second-order valence-corrected chi connectivity index (χ2v) is 5.86. The normalized spacial score (nSPS) is 11.5. The summed E-state index contributed by atoms with van der Waals surface area (Å²) in [5.74, 6) is 3.11. The molecule has 0 bridgehead atoms. The van der Waals surface area contributed by atoms with Gasteiger partial charge in [0.05, 0.1) is 21.5 Å². The summed E-state index contributed by atoms with van der Waals surface area (Å²) in [6, 6.07) is 4.66. The van der Waals surface area contributed by atoms with Gasteiger partial charge in [-0.25, -0.2) is 4.68 Å². The fraction of sp³-hybridized carbons (Fsp3) is 0.182. The molecule has 1 aromatic carbocycles. The van der Waals surface area contributed by atoms with E-state index in [1.807, 2.05) is 0 Å². The van der Waals surface area contributed by atoms with Crippen molar-refractivity contribution < 1.29 is 18.0 Å². The van der Waals surface area contributed by atoms with E-state index in [2.05, 4.69) is 15.5 Å². The summed E-state index contributed by atoms with van der Waals surface area (Å²) < 4.78 is 37.8. The van der Waals surface area contributed by atoms with Gasteiger partial charge in [-0.3, -0.25) is 4.79 Å². The molecule has 2 aromatic rings. The van der Waals surface area contributed by atoms with Crippen molar-refractivity contribution in [2.75, 3.05) is 16.9 Å². The van der Waals surface area contributed by atoms with Crippen LogP contribution in [0.1, 0.15) is 5.82 Å². The van der Waals surface area contributed by atoms with E-state index in [0.717, 1.165) is 0 Å². The summed E-state index contributed by atoms with van der Waals surface area (Å²) in [4.78, 5) is 11.8. The number of nitrogens with one attached hydrogen (secondary N) is 1. The zero-order valence-corrected chi connectivity index (χ0v) is 13.4. The minimum atomic E-state index is -4.73. The van der Waals surface area contributed by atoms with Crippen molar-refractivity contribution in [1.82, 2.24) is 14.9 Å². The molecule has 0 saturated heterocycles. The van der Waals surface area contributed by atoms with Gasteiger partial charge in [0.25, 0.3) is 5.82 Å². The number of carbonyl (C=O) groups is 1. The Morgan fingerprint density at radius 3 is 2.43 bits per heavy atom. The Hall–Kier alpha value is -1.65. The smallest absolute Gasteiger partial charge is 0.335 e. The average molecular weight is 386 g/mol. The summed E-state index contributed by atoms with van der Waals surface area (Å²) in [5, 5.41) is 8.92. The molecule has 12 heteroatoms. The first kappa shape index (κ1) is 17.7. The number of thioether (sulfide) groups is 1. The maximum atomic E-state index is 12.5. The van der Waals surface area contributed by atoms with Crippen molar-refractivity contribution >= 4 is 46.6 Å². The van der Waals surface area contributed by atoms with Crippen molar-refractivity contribution in [2.45, 2.75) is 11.3 Å². The molecular formula is C11H8Cl2F3N5OS. The van der Waals surface area contributed by atoms with Gasteiger partial charge < -0.3 is 11.2 Å². The number of nitrogen functional groups attached to an aromatic ring is 1. The van der Waals surface area contributed by atoms with Gasteiger partial charge in [0, 0.05) is 0 Å². The highest BCUT2D eigenvalue weighted by atomic mass is 35.5. The third kappa shape index (κ3) is 4.21. The predicted molar refractivity (Wildman–Crippen MR) is 81.0 cm³/mol. The van der Waals surface area contributed by atoms with Crippen LogP contribution in [-0.2, 0) is 11.0 Å². The molecule has 1 aromatic heterocycles. The van der Waals surface area contributed by atoms with E-state index < -0.39 is 17.9 Å². The average Bonchev–Trinajstić information content (AvgIpc) is 2.82. The molecule has 3 N–H and O–H groups in total. The molecule has 0 spiro atoms. The Kier molecular flexibility index (Phi) is 5.27. The number of amides is 1. The minimum absolute atomic E-state index is 0.214. The first-order chi connectivity index (χ1) is 10.7. The molecule has 0 aliphatic heterocycles. The van der Waals surface area contributed by atoms with Gasteiger partial charge in [-0.2, -0.15) is 13.2 Å². The maximum Gasteiger partial charge on any atom is 0.453 e. The van der Waals surface area contributed by atoms with Crippen LogP contribution in [0.25, 0.3) is 0 Å². The largest absolute Gasteiger partial charge is 0.453 e. The van der Waals surface area contributed by atoms with Crippen LogP contribution in [0.5, 0.6) is 0 Å². The van der Waals surface area contributed by atoms with Crippen LogP contribution < -0.4 is 11.2 Å². The fourth-order valence-electron chi connectivity index (χ4n) is 1.49. The molecule has 0 aliphatic rings. The van der Waals surface area contributed by atoms with Crippen LogP contribution in [0.15, 0.2) is 23.4 Å². The molecule has 0 atom stereocenters. The molecule has 23 heavy (non-hydrogen) atoms. The lowest BCUT2D eigenvalue weighted by Gasteiger charge is -2.09. The lowest BCUT2D eigenvalue weighted by Crippen LogP contribution is -2.22. The molecule has 1 amide bonds. The zero-order chi connectivity index (χ0) is 17.2.